The SMILES string of the molecule is CC=CCOc1cc2ccc(C3CCC4CC(C)CCC4C3)cc2cc1F. The summed E-state index contributed by atoms with van der Waals surface area (Å²) in [6.45, 7) is 4.75. The molecular weight excluding hydrogens is 335 g/mol. The van der Waals surface area contributed by atoms with E-state index in [1.54, 1.807) is 6.07 Å². The molecule has 0 amide bonds. The van der Waals surface area contributed by atoms with Crippen molar-refractivity contribution in [1.29, 1.82) is 0 Å². The van der Waals surface area contributed by atoms with Gasteiger partial charge in [0.15, 0.2) is 11.6 Å². The molecule has 0 N–H and O–H groups in total. The molecule has 0 bridgehead atoms. The molecule has 2 aliphatic carbocycles. The summed E-state index contributed by atoms with van der Waals surface area (Å²) in [4.78, 5) is 0. The molecule has 27 heavy (non-hydrogen) atoms. The van der Waals surface area contributed by atoms with Crippen LogP contribution in [0.1, 0.15) is 63.9 Å². The van der Waals surface area contributed by atoms with Crippen LogP contribution in [0, 0.1) is 23.6 Å². The summed E-state index contributed by atoms with van der Waals surface area (Å²) in [7, 11) is 0. The fraction of sp³-hybridized carbons (Fsp3) is 0.520. The third-order valence-corrected chi connectivity index (χ3v) is 6.83. The first-order valence-electron chi connectivity index (χ1n) is 10.6. The number of rotatable bonds is 4. The molecule has 0 radical (unpaired) electrons. The number of hydrogen-bond donors (Lipinski definition) is 0. The summed E-state index contributed by atoms with van der Waals surface area (Å²) in [6.07, 6.45) is 12.0. The molecule has 2 heteroatoms. The first-order valence-corrected chi connectivity index (χ1v) is 10.6. The van der Waals surface area contributed by atoms with Crippen LogP contribution in [0.5, 0.6) is 5.75 Å². The van der Waals surface area contributed by atoms with E-state index in [1.165, 1.54) is 44.1 Å². The molecule has 0 heterocycles. The lowest BCUT2D eigenvalue weighted by Crippen LogP contribution is -2.29. The average Bonchev–Trinajstić information content (AvgIpc) is 2.67. The zero-order valence-electron chi connectivity index (χ0n) is 16.6. The molecule has 0 aliphatic heterocycles. The Morgan fingerprint density at radius 2 is 1.81 bits per heavy atom. The number of hydrogen-bond acceptors (Lipinski definition) is 1. The lowest BCUT2D eigenvalue weighted by molar-refractivity contribution is 0.124. The Morgan fingerprint density at radius 1 is 1.00 bits per heavy atom. The molecule has 0 spiro atoms. The maximum atomic E-state index is 14.4. The van der Waals surface area contributed by atoms with E-state index in [0.717, 1.165) is 28.5 Å². The predicted molar refractivity (Wildman–Crippen MR) is 111 cm³/mol. The zero-order valence-corrected chi connectivity index (χ0v) is 16.6. The summed E-state index contributed by atoms with van der Waals surface area (Å²) >= 11 is 0. The fourth-order valence-corrected chi connectivity index (χ4v) is 5.29. The van der Waals surface area contributed by atoms with Gasteiger partial charge in [0.2, 0.25) is 0 Å². The Bertz CT molecular complexity index is 824. The molecule has 0 aromatic heterocycles. The maximum absolute atomic E-state index is 14.4. The van der Waals surface area contributed by atoms with Gasteiger partial charge in [-0.25, -0.2) is 4.39 Å². The van der Waals surface area contributed by atoms with Crippen molar-refractivity contribution < 1.29 is 9.13 Å². The Kier molecular flexibility index (Phi) is 5.52. The first kappa shape index (κ1) is 18.5. The summed E-state index contributed by atoms with van der Waals surface area (Å²) < 4.78 is 20.0. The second kappa shape index (κ2) is 8.04. The zero-order chi connectivity index (χ0) is 18.8. The van der Waals surface area contributed by atoms with Gasteiger partial charge in [-0.1, -0.05) is 43.7 Å². The summed E-state index contributed by atoms with van der Waals surface area (Å²) in [6, 6.07) is 10.1. The van der Waals surface area contributed by atoms with Crippen LogP contribution in [0.15, 0.2) is 42.5 Å². The van der Waals surface area contributed by atoms with Crippen molar-refractivity contribution in [2.75, 3.05) is 6.61 Å². The van der Waals surface area contributed by atoms with E-state index < -0.39 is 0 Å². The summed E-state index contributed by atoms with van der Waals surface area (Å²) in [5, 5.41) is 2.04. The highest BCUT2D eigenvalue weighted by atomic mass is 19.1. The van der Waals surface area contributed by atoms with Crippen LogP contribution < -0.4 is 4.74 Å². The van der Waals surface area contributed by atoms with Crippen LogP contribution in [0.4, 0.5) is 4.39 Å². The molecule has 2 saturated carbocycles. The second-order valence-corrected chi connectivity index (χ2v) is 8.72. The van der Waals surface area contributed by atoms with Crippen molar-refractivity contribution in [3.63, 3.8) is 0 Å². The molecular formula is C25H31FO. The van der Waals surface area contributed by atoms with Gasteiger partial charge in [0, 0.05) is 0 Å². The third kappa shape index (κ3) is 4.05. The molecule has 4 rings (SSSR count). The third-order valence-electron chi connectivity index (χ3n) is 6.83. The normalized spacial score (nSPS) is 28.4. The van der Waals surface area contributed by atoms with E-state index in [9.17, 15) is 4.39 Å². The van der Waals surface area contributed by atoms with E-state index >= 15 is 0 Å². The Morgan fingerprint density at radius 3 is 2.67 bits per heavy atom. The standard InChI is InChI=1S/C25H31FO/c1-3-4-11-27-25-16-22-10-9-21(14-23(22)15-24(25)26)20-8-7-18-12-17(2)5-6-19(18)13-20/h3-4,9-10,14-20H,5-8,11-13H2,1-2H3. The van der Waals surface area contributed by atoms with Crippen molar-refractivity contribution in [3.8, 4) is 5.75 Å². The smallest absolute Gasteiger partial charge is 0.165 e. The average molecular weight is 367 g/mol. The molecule has 2 fully saturated rings. The fourth-order valence-electron chi connectivity index (χ4n) is 5.29. The summed E-state index contributed by atoms with van der Waals surface area (Å²) in [5.74, 6) is 3.46. The second-order valence-electron chi connectivity index (χ2n) is 8.72. The lowest BCUT2D eigenvalue weighted by Gasteiger charge is -2.41. The number of allylic oxidation sites excluding steroid dienone is 1. The minimum absolute atomic E-state index is 0.269. The molecule has 1 nitrogen and oxygen atoms in total. The van der Waals surface area contributed by atoms with Gasteiger partial charge < -0.3 is 4.74 Å². The van der Waals surface area contributed by atoms with Crippen LogP contribution in [-0.4, -0.2) is 6.61 Å². The van der Waals surface area contributed by atoms with Crippen molar-refractivity contribution in [2.24, 2.45) is 17.8 Å². The highest BCUT2D eigenvalue weighted by Gasteiger charge is 2.34. The maximum Gasteiger partial charge on any atom is 0.165 e. The van der Waals surface area contributed by atoms with Gasteiger partial charge >= 0.3 is 0 Å². The highest BCUT2D eigenvalue weighted by molar-refractivity contribution is 5.84. The van der Waals surface area contributed by atoms with Gasteiger partial charge in [0.25, 0.3) is 0 Å². The number of fused-ring (bicyclic) bond motifs is 2. The molecule has 0 saturated heterocycles. The predicted octanol–water partition coefficient (Wildman–Crippen LogP) is 7.25. The first-order chi connectivity index (χ1) is 13.1. The van der Waals surface area contributed by atoms with E-state index in [1.807, 2.05) is 25.1 Å². The molecule has 4 atom stereocenters. The van der Waals surface area contributed by atoms with E-state index in [2.05, 4.69) is 25.1 Å². The largest absolute Gasteiger partial charge is 0.486 e. The Hall–Kier alpha value is -1.83. The van der Waals surface area contributed by atoms with E-state index in [4.69, 9.17) is 4.74 Å². The van der Waals surface area contributed by atoms with E-state index in [-0.39, 0.29) is 5.82 Å². The molecule has 2 aliphatic rings. The van der Waals surface area contributed by atoms with Gasteiger partial charge in [0.1, 0.15) is 6.61 Å². The van der Waals surface area contributed by atoms with Gasteiger partial charge in [-0.2, -0.15) is 0 Å². The topological polar surface area (TPSA) is 9.23 Å². The number of halogens is 1. The van der Waals surface area contributed by atoms with Gasteiger partial charge in [0.05, 0.1) is 0 Å². The van der Waals surface area contributed by atoms with Gasteiger partial charge in [-0.05, 0) is 91.2 Å². The molecule has 2 aromatic carbocycles. The van der Waals surface area contributed by atoms with E-state index in [0.29, 0.717) is 18.3 Å². The van der Waals surface area contributed by atoms with Gasteiger partial charge in [-0.3, -0.25) is 0 Å². The lowest BCUT2D eigenvalue weighted by atomic mass is 9.64. The highest BCUT2D eigenvalue weighted by Crippen LogP contribution is 2.47. The van der Waals surface area contributed by atoms with Crippen LogP contribution in [-0.2, 0) is 0 Å². The van der Waals surface area contributed by atoms with Gasteiger partial charge in [-0.15, -0.1) is 0 Å². The van der Waals surface area contributed by atoms with Crippen molar-refractivity contribution in [3.05, 3.63) is 53.9 Å². The number of benzene rings is 2. The molecule has 4 unspecified atom stereocenters. The summed E-state index contributed by atoms with van der Waals surface area (Å²) in [5.41, 5.74) is 1.39. The Balaban J connectivity index is 1.52. The van der Waals surface area contributed by atoms with Crippen LogP contribution in [0.2, 0.25) is 0 Å². The molecule has 144 valence electrons. The minimum atomic E-state index is -0.269. The monoisotopic (exact) mass is 366 g/mol. The number of ether oxygens (including phenoxy) is 1. The minimum Gasteiger partial charge on any atom is -0.486 e. The quantitative estimate of drug-likeness (QED) is 0.518. The molecule has 2 aromatic rings. The van der Waals surface area contributed by atoms with Crippen molar-refractivity contribution in [1.82, 2.24) is 0 Å². The van der Waals surface area contributed by atoms with Crippen LogP contribution in [0.25, 0.3) is 10.8 Å². The van der Waals surface area contributed by atoms with Crippen LogP contribution in [0.3, 0.4) is 0 Å². The van der Waals surface area contributed by atoms with Crippen molar-refractivity contribution >= 4 is 10.8 Å². The Labute approximate surface area is 162 Å². The van der Waals surface area contributed by atoms with Crippen molar-refractivity contribution in [2.45, 2.75) is 58.3 Å². The van der Waals surface area contributed by atoms with Crippen LogP contribution >= 0.6 is 0 Å².